The van der Waals surface area contributed by atoms with Gasteiger partial charge in [0.25, 0.3) is 0 Å². The lowest BCUT2D eigenvalue weighted by atomic mass is 9.85. The molecule has 2 aliphatic heterocycles. The summed E-state index contributed by atoms with van der Waals surface area (Å²) in [4.78, 5) is 18.0. The van der Waals surface area contributed by atoms with Crippen LogP contribution in [-0.2, 0) is 17.8 Å². The van der Waals surface area contributed by atoms with E-state index in [1.54, 1.807) is 6.33 Å². The summed E-state index contributed by atoms with van der Waals surface area (Å²) in [7, 11) is 0. The molecule has 1 unspecified atom stereocenters. The van der Waals surface area contributed by atoms with Crippen molar-refractivity contribution in [3.05, 3.63) is 48.0 Å². The van der Waals surface area contributed by atoms with Gasteiger partial charge in [0.05, 0.1) is 0 Å². The first-order valence-electron chi connectivity index (χ1n) is 10.1. The maximum atomic E-state index is 13.5. The molecule has 4 rings (SSSR count). The first-order valence-corrected chi connectivity index (χ1v) is 10.1. The lowest BCUT2D eigenvalue weighted by molar-refractivity contribution is -0.147. The van der Waals surface area contributed by atoms with Gasteiger partial charge in [-0.3, -0.25) is 9.69 Å². The Hall–Kier alpha value is -2.21. The van der Waals surface area contributed by atoms with Crippen LogP contribution in [0.4, 0.5) is 0 Å². The van der Waals surface area contributed by atoms with Crippen molar-refractivity contribution in [3.8, 4) is 0 Å². The van der Waals surface area contributed by atoms with Gasteiger partial charge in [-0.15, -0.1) is 10.2 Å². The molecule has 144 valence electrons. The maximum Gasteiger partial charge on any atom is 0.243 e. The van der Waals surface area contributed by atoms with Crippen molar-refractivity contribution in [1.82, 2.24) is 24.6 Å². The highest BCUT2D eigenvalue weighted by atomic mass is 16.2. The van der Waals surface area contributed by atoms with E-state index >= 15 is 0 Å². The molecule has 2 aliphatic rings. The predicted molar refractivity (Wildman–Crippen MR) is 104 cm³/mol. The number of piperidine rings is 1. The summed E-state index contributed by atoms with van der Waals surface area (Å²) in [5.41, 5.74) is 1.02. The van der Waals surface area contributed by atoms with E-state index in [-0.39, 0.29) is 5.54 Å². The summed E-state index contributed by atoms with van der Waals surface area (Å²) in [5.74, 6) is 1.28. The highest BCUT2D eigenvalue weighted by Gasteiger charge is 2.50. The number of likely N-dealkylation sites (tertiary alicyclic amines) is 2. The van der Waals surface area contributed by atoms with Crippen molar-refractivity contribution in [1.29, 1.82) is 0 Å². The zero-order valence-electron chi connectivity index (χ0n) is 16.2. The minimum absolute atomic E-state index is 0.281. The fraction of sp³-hybridized carbons (Fsp3) is 0.571. The van der Waals surface area contributed by atoms with Gasteiger partial charge in [0.15, 0.2) is 0 Å². The first-order chi connectivity index (χ1) is 13.2. The number of rotatable bonds is 6. The molecule has 0 bridgehead atoms. The van der Waals surface area contributed by atoms with E-state index in [2.05, 4.69) is 48.8 Å². The Morgan fingerprint density at radius 3 is 2.56 bits per heavy atom. The third-order valence-electron chi connectivity index (χ3n) is 6.26. The highest BCUT2D eigenvalue weighted by molar-refractivity contribution is 5.87. The molecule has 0 radical (unpaired) electrons. The second kappa shape index (κ2) is 7.80. The van der Waals surface area contributed by atoms with Crippen LogP contribution < -0.4 is 0 Å². The van der Waals surface area contributed by atoms with Crippen LogP contribution in [0.2, 0.25) is 0 Å². The Morgan fingerprint density at radius 1 is 1.04 bits per heavy atom. The van der Waals surface area contributed by atoms with Crippen LogP contribution in [-0.4, -0.2) is 62.2 Å². The van der Waals surface area contributed by atoms with Gasteiger partial charge >= 0.3 is 0 Å². The average Bonchev–Trinajstić information content (AvgIpc) is 3.28. The monoisotopic (exact) mass is 367 g/mol. The number of amides is 1. The quantitative estimate of drug-likeness (QED) is 0.786. The summed E-state index contributed by atoms with van der Waals surface area (Å²) in [6.45, 7) is 6.44. The van der Waals surface area contributed by atoms with Crippen LogP contribution in [0, 0.1) is 6.92 Å². The molecular weight excluding hydrogens is 338 g/mol. The van der Waals surface area contributed by atoms with Gasteiger partial charge in [0, 0.05) is 26.2 Å². The van der Waals surface area contributed by atoms with Crippen molar-refractivity contribution in [2.45, 2.75) is 51.1 Å². The van der Waals surface area contributed by atoms with Crippen LogP contribution in [0.5, 0.6) is 0 Å². The van der Waals surface area contributed by atoms with Gasteiger partial charge in [-0.2, -0.15) is 0 Å². The first kappa shape index (κ1) is 18.2. The van der Waals surface area contributed by atoms with E-state index in [9.17, 15) is 4.79 Å². The molecule has 3 heterocycles. The summed E-state index contributed by atoms with van der Waals surface area (Å²) in [5, 5.41) is 8.04. The van der Waals surface area contributed by atoms with Crippen molar-refractivity contribution in [2.24, 2.45) is 0 Å². The smallest absolute Gasteiger partial charge is 0.243 e. The number of aromatic nitrogens is 3. The van der Waals surface area contributed by atoms with E-state index < -0.39 is 0 Å². The zero-order valence-corrected chi connectivity index (χ0v) is 16.2. The van der Waals surface area contributed by atoms with Crippen LogP contribution in [0.3, 0.4) is 0 Å². The van der Waals surface area contributed by atoms with E-state index in [4.69, 9.17) is 0 Å². The Bertz CT molecular complexity index is 774. The maximum absolute atomic E-state index is 13.5. The molecule has 0 aliphatic carbocycles. The SMILES string of the molecule is Cc1nncn1CCN1CCCC12CCCN(CCc1ccccc1)C2=O. The molecule has 0 saturated carbocycles. The number of carbonyl (C=O) groups is 1. The molecule has 2 aromatic rings. The molecular formula is C21H29N5O. The lowest BCUT2D eigenvalue weighted by Crippen LogP contribution is -2.60. The Kier molecular flexibility index (Phi) is 5.25. The molecule has 1 aromatic carbocycles. The van der Waals surface area contributed by atoms with Gasteiger partial charge in [-0.05, 0) is 51.1 Å². The van der Waals surface area contributed by atoms with Crippen molar-refractivity contribution in [3.63, 3.8) is 0 Å². The van der Waals surface area contributed by atoms with E-state index in [1.165, 1.54) is 5.56 Å². The summed E-state index contributed by atoms with van der Waals surface area (Å²) in [6, 6.07) is 10.5. The second-order valence-electron chi connectivity index (χ2n) is 7.83. The van der Waals surface area contributed by atoms with E-state index in [0.29, 0.717) is 5.91 Å². The van der Waals surface area contributed by atoms with Crippen molar-refractivity contribution in [2.75, 3.05) is 26.2 Å². The van der Waals surface area contributed by atoms with Gasteiger partial charge < -0.3 is 9.47 Å². The number of carbonyl (C=O) groups excluding carboxylic acids is 1. The lowest BCUT2D eigenvalue weighted by Gasteiger charge is -2.44. The topological polar surface area (TPSA) is 54.3 Å². The normalized spacial score (nSPS) is 23.4. The molecule has 1 atom stereocenters. The fourth-order valence-corrected chi connectivity index (χ4v) is 4.73. The van der Waals surface area contributed by atoms with Gasteiger partial charge in [-0.25, -0.2) is 0 Å². The van der Waals surface area contributed by atoms with Gasteiger partial charge in [0.1, 0.15) is 17.7 Å². The number of aryl methyl sites for hydroxylation is 1. The number of nitrogens with zero attached hydrogens (tertiary/aromatic N) is 5. The molecule has 2 fully saturated rings. The highest BCUT2D eigenvalue weighted by Crippen LogP contribution is 2.38. The zero-order chi connectivity index (χ0) is 18.7. The summed E-state index contributed by atoms with van der Waals surface area (Å²) < 4.78 is 2.08. The van der Waals surface area contributed by atoms with Crippen LogP contribution in [0.25, 0.3) is 0 Å². The molecule has 27 heavy (non-hydrogen) atoms. The Morgan fingerprint density at radius 2 is 1.81 bits per heavy atom. The molecule has 2 saturated heterocycles. The third kappa shape index (κ3) is 3.63. The minimum Gasteiger partial charge on any atom is -0.341 e. The van der Waals surface area contributed by atoms with Gasteiger partial charge in [0.2, 0.25) is 5.91 Å². The molecule has 1 spiro atoms. The largest absolute Gasteiger partial charge is 0.341 e. The van der Waals surface area contributed by atoms with Gasteiger partial charge in [-0.1, -0.05) is 30.3 Å². The number of hydrogen-bond acceptors (Lipinski definition) is 4. The third-order valence-corrected chi connectivity index (χ3v) is 6.26. The van der Waals surface area contributed by atoms with Crippen LogP contribution in [0.15, 0.2) is 36.7 Å². The Balaban J connectivity index is 1.42. The minimum atomic E-state index is -0.281. The van der Waals surface area contributed by atoms with Crippen LogP contribution >= 0.6 is 0 Å². The number of hydrogen-bond donors (Lipinski definition) is 0. The van der Waals surface area contributed by atoms with Crippen molar-refractivity contribution >= 4 is 5.91 Å². The molecule has 6 nitrogen and oxygen atoms in total. The standard InChI is InChI=1S/C21H29N5O/c1-18-23-22-17-25(18)15-16-26-13-6-11-21(26)10-5-12-24(20(21)27)14-9-19-7-3-2-4-8-19/h2-4,7-8,17H,5-6,9-16H2,1H3. The summed E-state index contributed by atoms with van der Waals surface area (Å²) >= 11 is 0. The number of benzene rings is 1. The average molecular weight is 367 g/mol. The molecule has 1 aromatic heterocycles. The molecule has 0 N–H and O–H groups in total. The molecule has 6 heteroatoms. The molecule has 1 amide bonds. The summed E-state index contributed by atoms with van der Waals surface area (Å²) in [6.07, 6.45) is 6.92. The van der Waals surface area contributed by atoms with E-state index in [0.717, 1.165) is 70.7 Å². The van der Waals surface area contributed by atoms with E-state index in [1.807, 2.05) is 13.0 Å². The second-order valence-corrected chi connectivity index (χ2v) is 7.83. The Labute approximate surface area is 161 Å². The predicted octanol–water partition coefficient (Wildman–Crippen LogP) is 2.29. The fourth-order valence-electron chi connectivity index (χ4n) is 4.73. The van der Waals surface area contributed by atoms with Crippen molar-refractivity contribution < 1.29 is 4.79 Å². The van der Waals surface area contributed by atoms with Crippen LogP contribution in [0.1, 0.15) is 37.1 Å².